The molecule has 1 aliphatic heterocycles. The van der Waals surface area contributed by atoms with E-state index in [0.717, 1.165) is 12.3 Å². The molecular formula is C9H14OS. The summed E-state index contributed by atoms with van der Waals surface area (Å²) in [6.07, 6.45) is 7.57. The van der Waals surface area contributed by atoms with Crippen molar-refractivity contribution in [2.75, 3.05) is 5.75 Å². The lowest BCUT2D eigenvalue weighted by molar-refractivity contribution is -0.111. The molecule has 1 aliphatic carbocycles. The lowest BCUT2D eigenvalue weighted by atomic mass is 9.74. The van der Waals surface area contributed by atoms with Gasteiger partial charge in [-0.1, -0.05) is 6.42 Å². The van der Waals surface area contributed by atoms with Crippen molar-refractivity contribution in [2.45, 2.75) is 36.9 Å². The second-order valence-electron chi connectivity index (χ2n) is 3.65. The Morgan fingerprint density at radius 1 is 1.36 bits per heavy atom. The second kappa shape index (κ2) is 2.81. The maximum Gasteiger partial charge on any atom is 0.136 e. The molecule has 0 aromatic rings. The van der Waals surface area contributed by atoms with Crippen LogP contribution in [0.5, 0.6) is 0 Å². The fourth-order valence-electron chi connectivity index (χ4n) is 2.09. The molecule has 2 rings (SSSR count). The summed E-state index contributed by atoms with van der Waals surface area (Å²) in [6, 6.07) is 0. The Morgan fingerprint density at radius 2 is 2.18 bits per heavy atom. The van der Waals surface area contributed by atoms with Gasteiger partial charge in [-0.25, -0.2) is 0 Å². The van der Waals surface area contributed by atoms with Crippen LogP contribution in [0, 0.1) is 5.92 Å². The van der Waals surface area contributed by atoms with Crippen molar-refractivity contribution < 1.29 is 4.79 Å². The topological polar surface area (TPSA) is 17.1 Å². The first-order chi connectivity index (χ1) is 5.37. The predicted octanol–water partition coefficient (Wildman–Crippen LogP) is 2.25. The molecule has 0 bridgehead atoms. The minimum atomic E-state index is 0.0677. The number of aldehydes is 1. The van der Waals surface area contributed by atoms with E-state index in [1.54, 1.807) is 0 Å². The van der Waals surface area contributed by atoms with Crippen LogP contribution in [0.15, 0.2) is 0 Å². The van der Waals surface area contributed by atoms with Gasteiger partial charge in [0, 0.05) is 0 Å². The molecule has 2 fully saturated rings. The van der Waals surface area contributed by atoms with Crippen molar-refractivity contribution in [3.63, 3.8) is 0 Å². The zero-order valence-electron chi connectivity index (χ0n) is 6.71. The summed E-state index contributed by atoms with van der Waals surface area (Å²) >= 11 is 1.91. The molecule has 1 unspecified atom stereocenters. The summed E-state index contributed by atoms with van der Waals surface area (Å²) in [5, 5.41) is 0. The van der Waals surface area contributed by atoms with E-state index in [2.05, 4.69) is 0 Å². The molecule has 0 spiro atoms. The third-order valence-corrected chi connectivity index (χ3v) is 4.74. The van der Waals surface area contributed by atoms with Gasteiger partial charge in [-0.05, 0) is 37.4 Å². The van der Waals surface area contributed by atoms with E-state index in [1.165, 1.54) is 37.7 Å². The molecule has 1 saturated carbocycles. The van der Waals surface area contributed by atoms with Gasteiger partial charge in [-0.15, -0.1) is 11.8 Å². The summed E-state index contributed by atoms with van der Waals surface area (Å²) in [4.78, 5) is 10.9. The number of hydrogen-bond donors (Lipinski definition) is 0. The quantitative estimate of drug-likeness (QED) is 0.591. The van der Waals surface area contributed by atoms with E-state index in [0.29, 0.717) is 0 Å². The number of carbonyl (C=O) groups is 1. The third kappa shape index (κ3) is 1.12. The second-order valence-corrected chi connectivity index (χ2v) is 5.11. The Hall–Kier alpha value is 0.0200. The smallest absolute Gasteiger partial charge is 0.136 e. The van der Waals surface area contributed by atoms with Gasteiger partial charge in [0.1, 0.15) is 6.29 Å². The molecule has 0 N–H and O–H groups in total. The summed E-state index contributed by atoms with van der Waals surface area (Å²) in [6.45, 7) is 0. The van der Waals surface area contributed by atoms with Crippen molar-refractivity contribution in [1.82, 2.24) is 0 Å². The summed E-state index contributed by atoms with van der Waals surface area (Å²) in [5.41, 5.74) is 0. The highest BCUT2D eigenvalue weighted by atomic mass is 32.2. The summed E-state index contributed by atoms with van der Waals surface area (Å²) in [7, 11) is 0. The van der Waals surface area contributed by atoms with Crippen molar-refractivity contribution in [1.29, 1.82) is 0 Å². The molecule has 0 amide bonds. The molecule has 2 heteroatoms. The molecule has 0 aromatic carbocycles. The van der Waals surface area contributed by atoms with Crippen molar-refractivity contribution in [3.05, 3.63) is 0 Å². The van der Waals surface area contributed by atoms with Crippen LogP contribution in [0.1, 0.15) is 32.1 Å². The van der Waals surface area contributed by atoms with Crippen LogP contribution in [0.2, 0.25) is 0 Å². The molecule has 1 nitrogen and oxygen atoms in total. The van der Waals surface area contributed by atoms with Crippen LogP contribution in [0.3, 0.4) is 0 Å². The van der Waals surface area contributed by atoms with Gasteiger partial charge in [-0.3, -0.25) is 0 Å². The Morgan fingerprint density at radius 3 is 2.55 bits per heavy atom. The van der Waals surface area contributed by atoms with Crippen LogP contribution < -0.4 is 0 Å². The summed E-state index contributed by atoms with van der Waals surface area (Å²) < 4.78 is 0.0677. The van der Waals surface area contributed by atoms with Gasteiger partial charge in [0.15, 0.2) is 0 Å². The maximum atomic E-state index is 10.9. The molecule has 0 radical (unpaired) electrons. The van der Waals surface area contributed by atoms with Crippen molar-refractivity contribution in [2.24, 2.45) is 5.92 Å². The first-order valence-electron chi connectivity index (χ1n) is 4.48. The van der Waals surface area contributed by atoms with E-state index in [-0.39, 0.29) is 4.75 Å². The lowest BCUT2D eigenvalue weighted by Crippen LogP contribution is -2.37. The SMILES string of the molecule is O=CC1(C2CCC2)CCCS1. The van der Waals surface area contributed by atoms with E-state index < -0.39 is 0 Å². The summed E-state index contributed by atoms with van der Waals surface area (Å²) in [5.74, 6) is 1.93. The Bertz CT molecular complexity index is 157. The zero-order valence-corrected chi connectivity index (χ0v) is 7.53. The highest BCUT2D eigenvalue weighted by Gasteiger charge is 2.44. The molecule has 62 valence electrons. The van der Waals surface area contributed by atoms with Crippen molar-refractivity contribution >= 4 is 18.0 Å². The van der Waals surface area contributed by atoms with Gasteiger partial charge in [-0.2, -0.15) is 0 Å². The number of carbonyl (C=O) groups excluding carboxylic acids is 1. The van der Waals surface area contributed by atoms with Crippen LogP contribution in [0.4, 0.5) is 0 Å². The van der Waals surface area contributed by atoms with Crippen LogP contribution in [-0.2, 0) is 4.79 Å². The normalized spacial score (nSPS) is 38.5. The van der Waals surface area contributed by atoms with Gasteiger partial charge in [0.2, 0.25) is 0 Å². The van der Waals surface area contributed by atoms with Gasteiger partial charge < -0.3 is 4.79 Å². The zero-order chi connectivity index (χ0) is 7.73. The fraction of sp³-hybridized carbons (Fsp3) is 0.889. The van der Waals surface area contributed by atoms with Crippen LogP contribution >= 0.6 is 11.8 Å². The first kappa shape index (κ1) is 7.66. The van der Waals surface area contributed by atoms with E-state index in [9.17, 15) is 4.79 Å². The third-order valence-electron chi connectivity index (χ3n) is 3.08. The molecule has 1 atom stereocenters. The monoisotopic (exact) mass is 170 g/mol. The van der Waals surface area contributed by atoms with Crippen molar-refractivity contribution in [3.8, 4) is 0 Å². The minimum Gasteiger partial charge on any atom is -0.302 e. The predicted molar refractivity (Wildman–Crippen MR) is 47.8 cm³/mol. The average Bonchev–Trinajstić information content (AvgIpc) is 2.34. The largest absolute Gasteiger partial charge is 0.302 e. The lowest BCUT2D eigenvalue weighted by Gasteiger charge is -2.38. The molecule has 0 aromatic heterocycles. The van der Waals surface area contributed by atoms with Gasteiger partial charge in [0.05, 0.1) is 4.75 Å². The molecule has 1 heterocycles. The first-order valence-corrected chi connectivity index (χ1v) is 5.46. The number of rotatable bonds is 2. The Balaban J connectivity index is 2.07. The average molecular weight is 170 g/mol. The minimum absolute atomic E-state index is 0.0677. The highest BCUT2D eigenvalue weighted by molar-refractivity contribution is 8.01. The fourth-order valence-corrected chi connectivity index (χ4v) is 3.59. The number of hydrogen-bond acceptors (Lipinski definition) is 2. The standard InChI is InChI=1S/C9H14OS/c10-7-9(5-2-6-11-9)8-3-1-4-8/h7-8H,1-6H2. The van der Waals surface area contributed by atoms with E-state index in [4.69, 9.17) is 0 Å². The Kier molecular flexibility index (Phi) is 1.96. The van der Waals surface area contributed by atoms with Crippen LogP contribution in [0.25, 0.3) is 0 Å². The molecular weight excluding hydrogens is 156 g/mol. The molecule has 11 heavy (non-hydrogen) atoms. The number of thioether (sulfide) groups is 1. The Labute approximate surface area is 71.9 Å². The maximum absolute atomic E-state index is 10.9. The molecule has 1 saturated heterocycles. The van der Waals surface area contributed by atoms with Gasteiger partial charge >= 0.3 is 0 Å². The van der Waals surface area contributed by atoms with Gasteiger partial charge in [0.25, 0.3) is 0 Å². The highest BCUT2D eigenvalue weighted by Crippen LogP contribution is 2.49. The van der Waals surface area contributed by atoms with E-state index >= 15 is 0 Å². The molecule has 2 aliphatic rings. The van der Waals surface area contributed by atoms with E-state index in [1.807, 2.05) is 11.8 Å². The van der Waals surface area contributed by atoms with Crippen LogP contribution in [-0.4, -0.2) is 16.8 Å².